The molecule has 0 unspecified atom stereocenters. The lowest BCUT2D eigenvalue weighted by molar-refractivity contribution is 0.0698. The maximum Gasteiger partial charge on any atom is 0.337 e. The lowest BCUT2D eigenvalue weighted by Crippen LogP contribution is -2.37. The van der Waals surface area contributed by atoms with Gasteiger partial charge >= 0.3 is 5.97 Å². The SMILES string of the molecule is Cc1cc([C@H](C)Nc2ccc(C#N)cc2C(=O)O)c2oc(N3CCC(C)(C)CC3)cc(=O)c2c1. The number of aryl methyl sites for hydroxylation is 1. The average Bonchev–Trinajstić information content (AvgIpc) is 2.79. The van der Waals surface area contributed by atoms with Crippen molar-refractivity contribution in [1.29, 1.82) is 5.26 Å². The van der Waals surface area contributed by atoms with Crippen molar-refractivity contribution in [3.8, 4) is 6.07 Å². The summed E-state index contributed by atoms with van der Waals surface area (Å²) in [6.45, 7) is 9.97. The van der Waals surface area contributed by atoms with E-state index in [-0.39, 0.29) is 28.0 Å². The predicted molar refractivity (Wildman–Crippen MR) is 133 cm³/mol. The Morgan fingerprint density at radius 2 is 1.91 bits per heavy atom. The quantitative estimate of drug-likeness (QED) is 0.521. The summed E-state index contributed by atoms with van der Waals surface area (Å²) in [5.74, 6) is -0.558. The number of carboxylic acids is 1. The molecule has 0 bridgehead atoms. The summed E-state index contributed by atoms with van der Waals surface area (Å²) in [6.07, 6.45) is 2.04. The van der Waals surface area contributed by atoms with Crippen LogP contribution < -0.4 is 15.6 Å². The highest BCUT2D eigenvalue weighted by atomic mass is 16.4. The van der Waals surface area contributed by atoms with Crippen molar-refractivity contribution in [2.45, 2.75) is 46.6 Å². The number of hydrogen-bond acceptors (Lipinski definition) is 6. The molecule has 1 fully saturated rings. The summed E-state index contributed by atoms with van der Waals surface area (Å²) >= 11 is 0. The van der Waals surface area contributed by atoms with Gasteiger partial charge in [0.05, 0.1) is 28.6 Å². The van der Waals surface area contributed by atoms with Gasteiger partial charge < -0.3 is 19.7 Å². The van der Waals surface area contributed by atoms with Gasteiger partial charge in [0, 0.05) is 30.4 Å². The largest absolute Gasteiger partial charge is 0.478 e. The molecule has 2 heterocycles. The molecule has 7 nitrogen and oxygen atoms in total. The first-order chi connectivity index (χ1) is 16.1. The molecular formula is C27H29N3O4. The van der Waals surface area contributed by atoms with E-state index in [4.69, 9.17) is 9.68 Å². The van der Waals surface area contributed by atoms with Gasteiger partial charge in [-0.1, -0.05) is 19.9 Å². The monoisotopic (exact) mass is 459 g/mol. The Morgan fingerprint density at radius 1 is 1.21 bits per heavy atom. The number of fused-ring (bicyclic) bond motifs is 1. The van der Waals surface area contributed by atoms with E-state index in [0.717, 1.165) is 37.1 Å². The van der Waals surface area contributed by atoms with Crippen molar-refractivity contribution in [2.75, 3.05) is 23.3 Å². The van der Waals surface area contributed by atoms with Crippen molar-refractivity contribution < 1.29 is 14.3 Å². The summed E-state index contributed by atoms with van der Waals surface area (Å²) in [5.41, 5.74) is 3.05. The fraction of sp³-hybridized carbons (Fsp3) is 0.370. The lowest BCUT2D eigenvalue weighted by atomic mass is 9.83. The molecule has 0 amide bonds. The highest BCUT2D eigenvalue weighted by Gasteiger charge is 2.27. The fourth-order valence-electron chi connectivity index (χ4n) is 4.46. The molecule has 2 aromatic carbocycles. The zero-order valence-electron chi connectivity index (χ0n) is 19.9. The van der Waals surface area contributed by atoms with Crippen LogP contribution in [0.15, 0.2) is 45.6 Å². The Morgan fingerprint density at radius 3 is 2.56 bits per heavy atom. The Balaban J connectivity index is 1.75. The molecule has 1 atom stereocenters. The van der Waals surface area contributed by atoms with E-state index >= 15 is 0 Å². The van der Waals surface area contributed by atoms with Gasteiger partial charge in [0.15, 0.2) is 11.3 Å². The van der Waals surface area contributed by atoms with Crippen LogP contribution in [-0.4, -0.2) is 24.2 Å². The molecule has 7 heteroatoms. The van der Waals surface area contributed by atoms with Gasteiger partial charge in [-0.15, -0.1) is 0 Å². The molecule has 0 spiro atoms. The number of anilines is 2. The number of hydrogen-bond donors (Lipinski definition) is 2. The highest BCUT2D eigenvalue weighted by molar-refractivity contribution is 5.95. The normalized spacial score (nSPS) is 16.1. The van der Waals surface area contributed by atoms with Crippen LogP contribution >= 0.6 is 0 Å². The molecule has 1 saturated heterocycles. The van der Waals surface area contributed by atoms with Crippen LogP contribution in [0.2, 0.25) is 0 Å². The summed E-state index contributed by atoms with van der Waals surface area (Å²) in [7, 11) is 0. The van der Waals surface area contributed by atoms with Gasteiger partial charge in [0.2, 0.25) is 0 Å². The highest BCUT2D eigenvalue weighted by Crippen LogP contribution is 2.34. The Bertz CT molecular complexity index is 1360. The van der Waals surface area contributed by atoms with E-state index in [1.165, 1.54) is 6.07 Å². The van der Waals surface area contributed by atoms with E-state index in [9.17, 15) is 14.7 Å². The van der Waals surface area contributed by atoms with Gasteiger partial charge in [-0.2, -0.15) is 5.26 Å². The van der Waals surface area contributed by atoms with Gasteiger partial charge in [-0.3, -0.25) is 4.79 Å². The fourth-order valence-corrected chi connectivity index (χ4v) is 4.46. The number of nitrogens with zero attached hydrogens (tertiary/aromatic N) is 2. The van der Waals surface area contributed by atoms with Crippen LogP contribution in [0.3, 0.4) is 0 Å². The molecule has 2 N–H and O–H groups in total. The first-order valence-electron chi connectivity index (χ1n) is 11.5. The van der Waals surface area contributed by atoms with Crippen molar-refractivity contribution in [3.63, 3.8) is 0 Å². The van der Waals surface area contributed by atoms with Crippen molar-refractivity contribution in [3.05, 3.63) is 68.9 Å². The first-order valence-corrected chi connectivity index (χ1v) is 11.5. The second-order valence-corrected chi connectivity index (χ2v) is 9.87. The Hall–Kier alpha value is -3.79. The standard InChI is InChI=1S/C27H29N3O4/c1-16-11-19(17(2)29-22-6-5-18(15-28)13-20(22)26(32)33)25-21(12-16)23(31)14-24(34-25)30-9-7-27(3,4)8-10-30/h5-6,11-14,17,29H,7-10H2,1-4H3,(H,32,33)/t17-/m0/s1. The van der Waals surface area contributed by atoms with Crippen molar-refractivity contribution in [2.24, 2.45) is 5.41 Å². The number of nitriles is 1. The Kier molecular flexibility index (Phi) is 6.09. The number of rotatable bonds is 5. The van der Waals surface area contributed by atoms with Gasteiger partial charge in [0.1, 0.15) is 5.58 Å². The molecule has 1 aromatic heterocycles. The third-order valence-corrected chi connectivity index (χ3v) is 6.63. The number of nitrogens with one attached hydrogen (secondary N) is 1. The van der Waals surface area contributed by atoms with E-state index in [1.54, 1.807) is 18.2 Å². The van der Waals surface area contributed by atoms with Crippen LogP contribution in [0.5, 0.6) is 0 Å². The second-order valence-electron chi connectivity index (χ2n) is 9.87. The molecule has 1 aliphatic rings. The maximum atomic E-state index is 13.1. The molecule has 0 aliphatic carbocycles. The number of carbonyl (C=O) groups is 1. The van der Waals surface area contributed by atoms with E-state index in [0.29, 0.717) is 22.5 Å². The van der Waals surface area contributed by atoms with E-state index < -0.39 is 5.97 Å². The zero-order valence-corrected chi connectivity index (χ0v) is 19.9. The third kappa shape index (κ3) is 4.62. The molecule has 4 rings (SSSR count). The van der Waals surface area contributed by atoms with Crippen LogP contribution in [-0.2, 0) is 0 Å². The van der Waals surface area contributed by atoms with Crippen LogP contribution in [0.4, 0.5) is 11.6 Å². The predicted octanol–water partition coefficient (Wildman–Crippen LogP) is 5.47. The van der Waals surface area contributed by atoms with Crippen molar-refractivity contribution >= 4 is 28.5 Å². The first kappa shape index (κ1) is 23.4. The van der Waals surface area contributed by atoms with Crippen LogP contribution in [0.1, 0.15) is 66.7 Å². The summed E-state index contributed by atoms with van der Waals surface area (Å²) in [5, 5.41) is 22.5. The van der Waals surface area contributed by atoms with Crippen LogP contribution in [0, 0.1) is 23.7 Å². The number of piperidine rings is 1. The van der Waals surface area contributed by atoms with Crippen LogP contribution in [0.25, 0.3) is 11.0 Å². The minimum atomic E-state index is -1.12. The third-order valence-electron chi connectivity index (χ3n) is 6.63. The smallest absolute Gasteiger partial charge is 0.337 e. The van der Waals surface area contributed by atoms with E-state index in [1.807, 2.05) is 32.0 Å². The molecular weight excluding hydrogens is 430 g/mol. The topological polar surface area (TPSA) is 107 Å². The molecule has 0 saturated carbocycles. The van der Waals surface area contributed by atoms with Gasteiger partial charge in [0.25, 0.3) is 0 Å². The second kappa shape index (κ2) is 8.86. The average molecular weight is 460 g/mol. The molecule has 0 radical (unpaired) electrons. The molecule has 34 heavy (non-hydrogen) atoms. The van der Waals surface area contributed by atoms with E-state index in [2.05, 4.69) is 24.1 Å². The number of aromatic carboxylic acids is 1. The number of carboxylic acid groups (broad SMARTS) is 1. The lowest BCUT2D eigenvalue weighted by Gasteiger charge is -2.37. The van der Waals surface area contributed by atoms with Gasteiger partial charge in [-0.05, 0) is 61.9 Å². The zero-order chi connectivity index (χ0) is 24.6. The molecule has 176 valence electrons. The molecule has 3 aromatic rings. The summed E-state index contributed by atoms with van der Waals surface area (Å²) < 4.78 is 6.34. The summed E-state index contributed by atoms with van der Waals surface area (Å²) in [4.78, 5) is 26.9. The maximum absolute atomic E-state index is 13.1. The van der Waals surface area contributed by atoms with Gasteiger partial charge in [-0.25, -0.2) is 4.79 Å². The molecule has 1 aliphatic heterocycles. The summed E-state index contributed by atoms with van der Waals surface area (Å²) in [6, 6.07) is 11.5. The minimum Gasteiger partial charge on any atom is -0.478 e. The van der Waals surface area contributed by atoms with Crippen molar-refractivity contribution in [1.82, 2.24) is 0 Å². The Labute approximate surface area is 198 Å². The number of benzene rings is 2. The minimum absolute atomic E-state index is 0.0148.